The van der Waals surface area contributed by atoms with Crippen molar-refractivity contribution < 1.29 is 18.4 Å². The standard InChI is InChI=1S/C17H15FN4O3/c1-2-14(25-15-6-3-10(7-21-15)17(19)23)12-9-24-22-16(12)13-5-4-11(18)8-20-13/h3-9,14H,2H2,1H3,(H2,19,23). The summed E-state index contributed by atoms with van der Waals surface area (Å²) in [5, 5.41) is 3.94. The Hall–Kier alpha value is -3.29. The summed E-state index contributed by atoms with van der Waals surface area (Å²) in [7, 11) is 0. The molecule has 0 spiro atoms. The van der Waals surface area contributed by atoms with Gasteiger partial charge in [0, 0.05) is 12.3 Å². The Morgan fingerprint density at radius 3 is 2.72 bits per heavy atom. The zero-order valence-corrected chi connectivity index (χ0v) is 13.3. The highest BCUT2D eigenvalue weighted by Crippen LogP contribution is 2.30. The molecule has 0 saturated heterocycles. The molecule has 0 fully saturated rings. The van der Waals surface area contributed by atoms with Gasteiger partial charge in [-0.2, -0.15) is 0 Å². The van der Waals surface area contributed by atoms with E-state index in [-0.39, 0.29) is 0 Å². The van der Waals surface area contributed by atoms with Crippen molar-refractivity contribution in [3.05, 3.63) is 59.9 Å². The van der Waals surface area contributed by atoms with Crippen LogP contribution in [-0.2, 0) is 0 Å². The first kappa shape index (κ1) is 16.6. The van der Waals surface area contributed by atoms with Gasteiger partial charge >= 0.3 is 0 Å². The number of primary amides is 1. The van der Waals surface area contributed by atoms with Crippen molar-refractivity contribution in [2.75, 3.05) is 0 Å². The topological polar surface area (TPSA) is 104 Å². The van der Waals surface area contributed by atoms with Gasteiger partial charge in [-0.15, -0.1) is 0 Å². The van der Waals surface area contributed by atoms with E-state index in [2.05, 4.69) is 15.1 Å². The molecule has 1 unspecified atom stereocenters. The molecule has 0 radical (unpaired) electrons. The number of nitrogens with zero attached hydrogens (tertiary/aromatic N) is 3. The number of ether oxygens (including phenoxy) is 1. The lowest BCUT2D eigenvalue weighted by Gasteiger charge is -2.16. The molecule has 7 nitrogen and oxygen atoms in total. The van der Waals surface area contributed by atoms with E-state index < -0.39 is 17.8 Å². The van der Waals surface area contributed by atoms with Gasteiger partial charge in [0.15, 0.2) is 0 Å². The highest BCUT2D eigenvalue weighted by molar-refractivity contribution is 5.92. The SMILES string of the molecule is CCC(Oc1ccc(C(N)=O)cn1)c1conc1-c1ccc(F)cn1. The number of halogens is 1. The molecule has 0 aliphatic carbocycles. The van der Waals surface area contributed by atoms with Gasteiger partial charge in [-0.25, -0.2) is 9.37 Å². The van der Waals surface area contributed by atoms with Crippen LogP contribution in [0.3, 0.4) is 0 Å². The van der Waals surface area contributed by atoms with Crippen molar-refractivity contribution in [1.29, 1.82) is 0 Å². The third-order valence-corrected chi connectivity index (χ3v) is 3.57. The van der Waals surface area contributed by atoms with Crippen LogP contribution in [0.15, 0.2) is 47.4 Å². The number of nitrogens with two attached hydrogens (primary N) is 1. The van der Waals surface area contributed by atoms with Crippen LogP contribution in [0.4, 0.5) is 4.39 Å². The Labute approximate surface area is 142 Å². The number of carbonyl (C=O) groups is 1. The summed E-state index contributed by atoms with van der Waals surface area (Å²) in [5.41, 5.74) is 7.10. The third kappa shape index (κ3) is 3.63. The average molecular weight is 342 g/mol. The maximum absolute atomic E-state index is 13.1. The number of pyridine rings is 2. The molecule has 3 aromatic heterocycles. The van der Waals surface area contributed by atoms with Gasteiger partial charge in [-0.3, -0.25) is 9.78 Å². The van der Waals surface area contributed by atoms with Crippen molar-refractivity contribution in [2.24, 2.45) is 5.73 Å². The van der Waals surface area contributed by atoms with E-state index in [1.807, 2.05) is 6.92 Å². The van der Waals surface area contributed by atoms with E-state index in [1.54, 1.807) is 6.07 Å². The summed E-state index contributed by atoms with van der Waals surface area (Å²) >= 11 is 0. The fourth-order valence-electron chi connectivity index (χ4n) is 2.29. The zero-order valence-electron chi connectivity index (χ0n) is 13.3. The van der Waals surface area contributed by atoms with Crippen LogP contribution in [0, 0.1) is 5.82 Å². The summed E-state index contributed by atoms with van der Waals surface area (Å²) in [6.45, 7) is 1.93. The van der Waals surface area contributed by atoms with Crippen molar-refractivity contribution in [3.8, 4) is 17.3 Å². The predicted molar refractivity (Wildman–Crippen MR) is 86.1 cm³/mol. The van der Waals surface area contributed by atoms with Crippen LogP contribution in [0.1, 0.15) is 35.4 Å². The number of rotatable bonds is 6. The van der Waals surface area contributed by atoms with Crippen molar-refractivity contribution >= 4 is 5.91 Å². The fraction of sp³-hybridized carbons (Fsp3) is 0.176. The number of hydrogen-bond acceptors (Lipinski definition) is 6. The molecule has 0 saturated carbocycles. The Kier molecular flexibility index (Phi) is 4.69. The molecule has 2 N–H and O–H groups in total. The summed E-state index contributed by atoms with van der Waals surface area (Å²) < 4.78 is 24.0. The van der Waals surface area contributed by atoms with Gasteiger partial charge < -0.3 is 15.0 Å². The lowest BCUT2D eigenvalue weighted by molar-refractivity contribution is 0.0999. The monoisotopic (exact) mass is 342 g/mol. The second-order valence-corrected chi connectivity index (χ2v) is 5.24. The number of aromatic nitrogens is 3. The average Bonchev–Trinajstić information content (AvgIpc) is 3.10. The second kappa shape index (κ2) is 7.08. The summed E-state index contributed by atoms with van der Waals surface area (Å²) in [5.74, 6) is -0.665. The highest BCUT2D eigenvalue weighted by Gasteiger charge is 2.22. The van der Waals surface area contributed by atoms with Gasteiger partial charge in [-0.1, -0.05) is 12.1 Å². The molecule has 25 heavy (non-hydrogen) atoms. The Morgan fingerprint density at radius 1 is 1.28 bits per heavy atom. The molecular formula is C17H15FN4O3. The van der Waals surface area contributed by atoms with Gasteiger partial charge in [0.1, 0.15) is 23.9 Å². The van der Waals surface area contributed by atoms with Crippen LogP contribution in [0.2, 0.25) is 0 Å². The van der Waals surface area contributed by atoms with E-state index in [0.29, 0.717) is 34.8 Å². The quantitative estimate of drug-likeness (QED) is 0.738. The zero-order chi connectivity index (χ0) is 17.8. The normalized spacial score (nSPS) is 11.9. The minimum absolute atomic E-state index is 0.293. The number of amides is 1. The molecule has 128 valence electrons. The number of carbonyl (C=O) groups excluding carboxylic acids is 1. The van der Waals surface area contributed by atoms with E-state index in [0.717, 1.165) is 6.20 Å². The van der Waals surface area contributed by atoms with E-state index in [9.17, 15) is 9.18 Å². The maximum atomic E-state index is 13.1. The molecular weight excluding hydrogens is 327 g/mol. The molecule has 0 aliphatic heterocycles. The predicted octanol–water partition coefficient (Wildman–Crippen LogP) is 2.90. The summed E-state index contributed by atoms with van der Waals surface area (Å²) in [4.78, 5) is 19.2. The Balaban J connectivity index is 1.85. The smallest absolute Gasteiger partial charge is 0.250 e. The van der Waals surface area contributed by atoms with Crippen molar-refractivity contribution in [3.63, 3.8) is 0 Å². The van der Waals surface area contributed by atoms with E-state index in [4.69, 9.17) is 15.0 Å². The summed E-state index contributed by atoms with van der Waals surface area (Å²) in [6.07, 6.45) is 4.13. The first-order valence-corrected chi connectivity index (χ1v) is 7.57. The van der Waals surface area contributed by atoms with Crippen LogP contribution in [0.25, 0.3) is 11.4 Å². The second-order valence-electron chi connectivity index (χ2n) is 5.24. The van der Waals surface area contributed by atoms with E-state index in [1.165, 1.54) is 30.7 Å². The first-order chi connectivity index (χ1) is 12.1. The molecule has 8 heteroatoms. The Bertz CT molecular complexity index is 862. The van der Waals surface area contributed by atoms with Crippen molar-refractivity contribution in [1.82, 2.24) is 15.1 Å². The molecule has 1 amide bonds. The van der Waals surface area contributed by atoms with Gasteiger partial charge in [-0.05, 0) is 24.6 Å². The largest absolute Gasteiger partial charge is 0.469 e. The van der Waals surface area contributed by atoms with Gasteiger partial charge in [0.2, 0.25) is 11.8 Å². The molecule has 1 atom stereocenters. The molecule has 3 aromatic rings. The minimum Gasteiger partial charge on any atom is -0.469 e. The van der Waals surface area contributed by atoms with Crippen molar-refractivity contribution in [2.45, 2.75) is 19.4 Å². The van der Waals surface area contributed by atoms with Gasteiger partial charge in [0.05, 0.1) is 23.0 Å². The first-order valence-electron chi connectivity index (χ1n) is 7.57. The van der Waals surface area contributed by atoms with Crippen LogP contribution >= 0.6 is 0 Å². The lowest BCUT2D eigenvalue weighted by atomic mass is 10.1. The molecule has 0 aliphatic rings. The molecule has 3 heterocycles. The minimum atomic E-state index is -0.560. The summed E-state index contributed by atoms with van der Waals surface area (Å²) in [6, 6.07) is 5.91. The third-order valence-electron chi connectivity index (χ3n) is 3.57. The Morgan fingerprint density at radius 2 is 2.12 bits per heavy atom. The lowest BCUT2D eigenvalue weighted by Crippen LogP contribution is -2.12. The van der Waals surface area contributed by atoms with Gasteiger partial charge in [0.25, 0.3) is 0 Å². The van der Waals surface area contributed by atoms with Crippen LogP contribution in [-0.4, -0.2) is 21.0 Å². The van der Waals surface area contributed by atoms with E-state index >= 15 is 0 Å². The van der Waals surface area contributed by atoms with Crippen LogP contribution < -0.4 is 10.5 Å². The molecule has 0 bridgehead atoms. The fourth-order valence-corrected chi connectivity index (χ4v) is 2.29. The highest BCUT2D eigenvalue weighted by atomic mass is 19.1. The number of hydrogen-bond donors (Lipinski definition) is 1. The maximum Gasteiger partial charge on any atom is 0.250 e. The molecule has 0 aromatic carbocycles. The van der Waals surface area contributed by atoms with Crippen LogP contribution in [0.5, 0.6) is 5.88 Å². The molecule has 3 rings (SSSR count).